The maximum atomic E-state index is 5.30. The van der Waals surface area contributed by atoms with E-state index >= 15 is 0 Å². The van der Waals surface area contributed by atoms with Crippen molar-refractivity contribution in [1.82, 2.24) is 14.5 Å². The number of hydrogen-bond donors (Lipinski definition) is 1. The maximum absolute atomic E-state index is 5.30. The van der Waals surface area contributed by atoms with Gasteiger partial charge in [0.2, 0.25) is 0 Å². The van der Waals surface area contributed by atoms with Gasteiger partial charge in [-0.05, 0) is 30.8 Å². The van der Waals surface area contributed by atoms with Crippen LogP contribution in [0.1, 0.15) is 32.6 Å². The Labute approximate surface area is 101 Å². The molecule has 0 aromatic carbocycles. The Morgan fingerprint density at radius 3 is 3.06 bits per heavy atom. The monoisotopic (exact) mass is 235 g/mol. The molecule has 0 aliphatic carbocycles. The summed E-state index contributed by atoms with van der Waals surface area (Å²) in [6.45, 7) is 3.19. The van der Waals surface area contributed by atoms with Gasteiger partial charge < -0.3 is 9.55 Å². The second-order valence-electron chi connectivity index (χ2n) is 4.02. The van der Waals surface area contributed by atoms with Crippen molar-refractivity contribution >= 4 is 23.4 Å². The third kappa shape index (κ3) is 2.32. The number of aromatic amines is 1. The minimum absolute atomic E-state index is 0.783. The van der Waals surface area contributed by atoms with Crippen molar-refractivity contribution in [2.24, 2.45) is 0 Å². The number of imidazole rings is 1. The lowest BCUT2D eigenvalue weighted by Gasteiger charge is -2.02. The molecule has 1 N–H and O–H groups in total. The van der Waals surface area contributed by atoms with Gasteiger partial charge in [0.1, 0.15) is 0 Å². The summed E-state index contributed by atoms with van der Waals surface area (Å²) >= 11 is 5.30. The Kier molecular flexibility index (Phi) is 3.72. The molecule has 0 bridgehead atoms. The lowest BCUT2D eigenvalue weighted by Crippen LogP contribution is -1.99. The molecule has 4 heteroatoms. The second kappa shape index (κ2) is 5.25. The number of aromatic nitrogens is 3. The standard InChI is InChI=1S/C12H17N3S/c1-2-3-4-5-9-15-11-10(14-12(15)16)7-6-8-13-11/h6-8H,2-5,9H2,1H3,(H,14,16). The highest BCUT2D eigenvalue weighted by molar-refractivity contribution is 7.71. The van der Waals surface area contributed by atoms with Gasteiger partial charge in [-0.2, -0.15) is 0 Å². The first-order valence-corrected chi connectivity index (χ1v) is 6.27. The van der Waals surface area contributed by atoms with Gasteiger partial charge in [0.15, 0.2) is 10.4 Å². The van der Waals surface area contributed by atoms with Crippen LogP contribution in [0.25, 0.3) is 11.2 Å². The van der Waals surface area contributed by atoms with Crippen LogP contribution in [0, 0.1) is 4.77 Å². The van der Waals surface area contributed by atoms with E-state index in [-0.39, 0.29) is 0 Å². The van der Waals surface area contributed by atoms with E-state index in [0.29, 0.717) is 0 Å². The molecule has 2 rings (SSSR count). The molecule has 0 aliphatic rings. The Hall–Kier alpha value is -1.16. The van der Waals surface area contributed by atoms with Crippen molar-refractivity contribution in [1.29, 1.82) is 0 Å². The molecule has 2 aromatic heterocycles. The molecule has 0 saturated heterocycles. The number of pyridine rings is 1. The van der Waals surface area contributed by atoms with E-state index in [2.05, 4.69) is 21.5 Å². The van der Waals surface area contributed by atoms with Gasteiger partial charge >= 0.3 is 0 Å². The molecule has 0 amide bonds. The normalized spacial score (nSPS) is 11.1. The van der Waals surface area contributed by atoms with E-state index in [4.69, 9.17) is 12.2 Å². The summed E-state index contributed by atoms with van der Waals surface area (Å²) in [7, 11) is 0. The Morgan fingerprint density at radius 2 is 2.25 bits per heavy atom. The van der Waals surface area contributed by atoms with Crippen molar-refractivity contribution in [3.05, 3.63) is 23.1 Å². The smallest absolute Gasteiger partial charge is 0.179 e. The Morgan fingerprint density at radius 1 is 1.38 bits per heavy atom. The quantitative estimate of drug-likeness (QED) is 0.633. The van der Waals surface area contributed by atoms with Crippen molar-refractivity contribution < 1.29 is 0 Å². The van der Waals surface area contributed by atoms with Crippen LogP contribution >= 0.6 is 12.2 Å². The van der Waals surface area contributed by atoms with Gasteiger partial charge in [-0.15, -0.1) is 0 Å². The van der Waals surface area contributed by atoms with Crippen molar-refractivity contribution in [3.8, 4) is 0 Å². The molecule has 0 fully saturated rings. The third-order valence-corrected chi connectivity index (χ3v) is 3.09. The molecular formula is C12H17N3S. The lowest BCUT2D eigenvalue weighted by atomic mass is 10.2. The molecule has 0 atom stereocenters. The number of nitrogens with zero attached hydrogens (tertiary/aromatic N) is 2. The molecule has 16 heavy (non-hydrogen) atoms. The maximum Gasteiger partial charge on any atom is 0.179 e. The van der Waals surface area contributed by atoms with Crippen LogP contribution in [0.5, 0.6) is 0 Å². The highest BCUT2D eigenvalue weighted by Crippen LogP contribution is 2.12. The predicted molar refractivity (Wildman–Crippen MR) is 69.1 cm³/mol. The van der Waals surface area contributed by atoms with E-state index in [1.54, 1.807) is 0 Å². The molecular weight excluding hydrogens is 218 g/mol. The fourth-order valence-electron chi connectivity index (χ4n) is 1.89. The topological polar surface area (TPSA) is 33.6 Å². The average molecular weight is 235 g/mol. The number of unbranched alkanes of at least 4 members (excludes halogenated alkanes) is 3. The van der Waals surface area contributed by atoms with Gasteiger partial charge in [-0.1, -0.05) is 26.2 Å². The molecule has 2 heterocycles. The predicted octanol–water partition coefficient (Wildman–Crippen LogP) is 3.67. The molecule has 0 spiro atoms. The van der Waals surface area contributed by atoms with Crippen molar-refractivity contribution in [2.45, 2.75) is 39.2 Å². The first kappa shape index (κ1) is 11.3. The molecule has 86 valence electrons. The van der Waals surface area contributed by atoms with Gasteiger partial charge in [0.25, 0.3) is 0 Å². The number of fused-ring (bicyclic) bond motifs is 1. The van der Waals surface area contributed by atoms with Gasteiger partial charge in [0, 0.05) is 12.7 Å². The average Bonchev–Trinajstić information content (AvgIpc) is 2.61. The number of rotatable bonds is 5. The summed E-state index contributed by atoms with van der Waals surface area (Å²) in [4.78, 5) is 7.55. The molecule has 0 radical (unpaired) electrons. The summed E-state index contributed by atoms with van der Waals surface area (Å²) in [5.41, 5.74) is 2.01. The summed E-state index contributed by atoms with van der Waals surface area (Å²) in [6.07, 6.45) is 6.80. The zero-order valence-electron chi connectivity index (χ0n) is 9.57. The molecule has 0 saturated carbocycles. The Balaban J connectivity index is 2.16. The Bertz CT molecular complexity index is 512. The van der Waals surface area contributed by atoms with E-state index in [1.165, 1.54) is 25.7 Å². The van der Waals surface area contributed by atoms with Crippen LogP contribution in [0.15, 0.2) is 18.3 Å². The molecule has 0 unspecified atom stereocenters. The zero-order chi connectivity index (χ0) is 11.4. The summed E-state index contributed by atoms with van der Waals surface area (Å²) in [5.74, 6) is 0. The highest BCUT2D eigenvalue weighted by Gasteiger charge is 2.03. The van der Waals surface area contributed by atoms with Gasteiger partial charge in [-0.3, -0.25) is 0 Å². The van der Waals surface area contributed by atoms with Crippen LogP contribution in [0.2, 0.25) is 0 Å². The lowest BCUT2D eigenvalue weighted by molar-refractivity contribution is 0.585. The van der Waals surface area contributed by atoms with Gasteiger partial charge in [0.05, 0.1) is 5.52 Å². The summed E-state index contributed by atoms with van der Waals surface area (Å²) < 4.78 is 2.88. The summed E-state index contributed by atoms with van der Waals surface area (Å²) in [5, 5.41) is 0. The number of aryl methyl sites for hydroxylation is 1. The van der Waals surface area contributed by atoms with E-state index < -0.39 is 0 Å². The largest absolute Gasteiger partial charge is 0.329 e. The minimum atomic E-state index is 0.783. The van der Waals surface area contributed by atoms with Crippen molar-refractivity contribution in [2.75, 3.05) is 0 Å². The fraction of sp³-hybridized carbons (Fsp3) is 0.500. The third-order valence-electron chi connectivity index (χ3n) is 2.76. The zero-order valence-corrected chi connectivity index (χ0v) is 10.4. The number of nitrogens with one attached hydrogen (secondary N) is 1. The van der Waals surface area contributed by atoms with Crippen LogP contribution in [-0.2, 0) is 6.54 Å². The van der Waals surface area contributed by atoms with E-state index in [1.807, 2.05) is 18.3 Å². The van der Waals surface area contributed by atoms with Crippen LogP contribution < -0.4 is 0 Å². The summed E-state index contributed by atoms with van der Waals surface area (Å²) in [6, 6.07) is 3.94. The molecule has 3 nitrogen and oxygen atoms in total. The van der Waals surface area contributed by atoms with Crippen LogP contribution in [-0.4, -0.2) is 14.5 Å². The first-order chi connectivity index (χ1) is 7.83. The molecule has 2 aromatic rings. The highest BCUT2D eigenvalue weighted by atomic mass is 32.1. The second-order valence-corrected chi connectivity index (χ2v) is 4.40. The van der Waals surface area contributed by atoms with E-state index in [0.717, 1.165) is 22.5 Å². The number of H-pyrrole nitrogens is 1. The van der Waals surface area contributed by atoms with E-state index in [9.17, 15) is 0 Å². The SMILES string of the molecule is CCCCCCn1c(=S)[nH]c2cccnc21. The fourth-order valence-corrected chi connectivity index (χ4v) is 2.18. The number of hydrogen-bond acceptors (Lipinski definition) is 2. The van der Waals surface area contributed by atoms with Gasteiger partial charge in [-0.25, -0.2) is 4.98 Å². The molecule has 0 aliphatic heterocycles. The van der Waals surface area contributed by atoms with Crippen molar-refractivity contribution in [3.63, 3.8) is 0 Å². The minimum Gasteiger partial charge on any atom is -0.329 e. The van der Waals surface area contributed by atoms with Crippen LogP contribution in [0.4, 0.5) is 0 Å². The first-order valence-electron chi connectivity index (χ1n) is 5.86. The van der Waals surface area contributed by atoms with Crippen LogP contribution in [0.3, 0.4) is 0 Å².